The minimum absolute atomic E-state index is 0.709. The fraction of sp³-hybridized carbons (Fsp3) is 0.778. The van der Waals surface area contributed by atoms with E-state index in [-0.39, 0.29) is 0 Å². The molecule has 70 valence electrons. The standard InChI is InChI=1S/C9H16ClNS/c1-8(10)6-11-7-9-2-4-12-5-3-9/h9,11H,1-7H2. The van der Waals surface area contributed by atoms with Crippen LogP contribution in [0, 0.1) is 5.92 Å². The van der Waals surface area contributed by atoms with Crippen LogP contribution >= 0.6 is 23.4 Å². The molecular formula is C9H16ClNS. The zero-order valence-electron chi connectivity index (χ0n) is 7.31. The van der Waals surface area contributed by atoms with Gasteiger partial charge in [-0.05, 0) is 36.8 Å². The van der Waals surface area contributed by atoms with Crippen LogP contribution in [-0.2, 0) is 0 Å². The van der Waals surface area contributed by atoms with Gasteiger partial charge in [-0.2, -0.15) is 11.8 Å². The van der Waals surface area contributed by atoms with Crippen molar-refractivity contribution in [2.24, 2.45) is 5.92 Å². The second kappa shape index (κ2) is 5.90. The van der Waals surface area contributed by atoms with Crippen LogP contribution in [0.2, 0.25) is 0 Å². The highest BCUT2D eigenvalue weighted by atomic mass is 35.5. The number of hydrogen-bond donors (Lipinski definition) is 1. The van der Waals surface area contributed by atoms with Crippen LogP contribution in [0.5, 0.6) is 0 Å². The van der Waals surface area contributed by atoms with E-state index in [4.69, 9.17) is 11.6 Å². The van der Waals surface area contributed by atoms with Crippen molar-refractivity contribution >= 4 is 23.4 Å². The molecule has 1 N–H and O–H groups in total. The quantitative estimate of drug-likeness (QED) is 0.757. The molecule has 0 bridgehead atoms. The number of nitrogens with one attached hydrogen (secondary N) is 1. The zero-order valence-corrected chi connectivity index (χ0v) is 8.89. The van der Waals surface area contributed by atoms with Crippen LogP contribution in [0.15, 0.2) is 11.6 Å². The maximum absolute atomic E-state index is 5.63. The monoisotopic (exact) mass is 205 g/mol. The maximum Gasteiger partial charge on any atom is 0.0307 e. The summed E-state index contributed by atoms with van der Waals surface area (Å²) in [6.07, 6.45) is 2.71. The third kappa shape index (κ3) is 4.39. The fourth-order valence-corrected chi connectivity index (χ4v) is 2.66. The second-order valence-electron chi connectivity index (χ2n) is 3.20. The van der Waals surface area contributed by atoms with Gasteiger partial charge in [-0.25, -0.2) is 0 Å². The van der Waals surface area contributed by atoms with E-state index in [2.05, 4.69) is 23.7 Å². The van der Waals surface area contributed by atoms with Crippen molar-refractivity contribution in [2.75, 3.05) is 24.6 Å². The van der Waals surface area contributed by atoms with Crippen molar-refractivity contribution in [1.82, 2.24) is 5.32 Å². The predicted molar refractivity (Wildman–Crippen MR) is 57.9 cm³/mol. The molecule has 0 aromatic carbocycles. The maximum atomic E-state index is 5.63. The molecule has 0 aromatic heterocycles. The first-order valence-corrected chi connectivity index (χ1v) is 5.94. The molecule has 1 heterocycles. The Morgan fingerprint density at radius 1 is 1.50 bits per heavy atom. The summed E-state index contributed by atoms with van der Waals surface area (Å²) in [4.78, 5) is 0. The van der Waals surface area contributed by atoms with Gasteiger partial charge in [0, 0.05) is 11.6 Å². The summed E-state index contributed by atoms with van der Waals surface area (Å²) in [6.45, 7) is 5.50. The first kappa shape index (κ1) is 10.4. The number of thioether (sulfide) groups is 1. The van der Waals surface area contributed by atoms with E-state index in [9.17, 15) is 0 Å². The average molecular weight is 206 g/mol. The summed E-state index contributed by atoms with van der Waals surface area (Å²) < 4.78 is 0. The molecule has 0 aromatic rings. The summed E-state index contributed by atoms with van der Waals surface area (Å²) in [7, 11) is 0. The van der Waals surface area contributed by atoms with Crippen LogP contribution in [0.25, 0.3) is 0 Å². The van der Waals surface area contributed by atoms with Crippen molar-refractivity contribution in [3.05, 3.63) is 11.6 Å². The molecule has 1 nitrogen and oxygen atoms in total. The van der Waals surface area contributed by atoms with E-state index < -0.39 is 0 Å². The lowest BCUT2D eigenvalue weighted by molar-refractivity contribution is 0.458. The molecule has 1 rings (SSSR count). The second-order valence-corrected chi connectivity index (χ2v) is 4.96. The average Bonchev–Trinajstić information content (AvgIpc) is 2.05. The van der Waals surface area contributed by atoms with E-state index in [0.29, 0.717) is 5.03 Å². The lowest BCUT2D eigenvalue weighted by Crippen LogP contribution is -2.26. The Balaban J connectivity index is 2.01. The zero-order chi connectivity index (χ0) is 8.81. The fourth-order valence-electron chi connectivity index (χ4n) is 1.36. The molecule has 1 aliphatic heterocycles. The molecule has 0 atom stereocenters. The SMILES string of the molecule is C=C(Cl)CNCC1CCSCC1. The highest BCUT2D eigenvalue weighted by Gasteiger charge is 2.12. The van der Waals surface area contributed by atoms with Crippen LogP contribution < -0.4 is 5.32 Å². The molecule has 1 saturated heterocycles. The predicted octanol–water partition coefficient (Wildman–Crippen LogP) is 2.47. The number of hydrogen-bond acceptors (Lipinski definition) is 2. The van der Waals surface area contributed by atoms with Crippen LogP contribution in [0.4, 0.5) is 0 Å². The molecule has 0 spiro atoms. The Labute approximate surface area is 83.9 Å². The van der Waals surface area contributed by atoms with Gasteiger partial charge < -0.3 is 5.32 Å². The van der Waals surface area contributed by atoms with Gasteiger partial charge in [0.15, 0.2) is 0 Å². The van der Waals surface area contributed by atoms with Gasteiger partial charge in [0.2, 0.25) is 0 Å². The van der Waals surface area contributed by atoms with Gasteiger partial charge >= 0.3 is 0 Å². The highest BCUT2D eigenvalue weighted by molar-refractivity contribution is 7.99. The van der Waals surface area contributed by atoms with Crippen molar-refractivity contribution in [1.29, 1.82) is 0 Å². The topological polar surface area (TPSA) is 12.0 Å². The first-order valence-electron chi connectivity index (χ1n) is 4.41. The third-order valence-electron chi connectivity index (χ3n) is 2.09. The summed E-state index contributed by atoms with van der Waals surface area (Å²) in [6, 6.07) is 0. The molecule has 1 aliphatic rings. The minimum atomic E-state index is 0.709. The molecule has 0 radical (unpaired) electrons. The Kier molecular flexibility index (Phi) is 5.12. The Morgan fingerprint density at radius 2 is 2.17 bits per heavy atom. The van der Waals surface area contributed by atoms with Gasteiger partial charge in [-0.1, -0.05) is 18.2 Å². The van der Waals surface area contributed by atoms with Crippen molar-refractivity contribution in [3.63, 3.8) is 0 Å². The summed E-state index contributed by atoms with van der Waals surface area (Å²) >= 11 is 7.70. The van der Waals surface area contributed by atoms with E-state index in [1.165, 1.54) is 24.3 Å². The largest absolute Gasteiger partial charge is 0.312 e. The van der Waals surface area contributed by atoms with Crippen molar-refractivity contribution in [3.8, 4) is 0 Å². The van der Waals surface area contributed by atoms with E-state index in [1.807, 2.05) is 0 Å². The van der Waals surface area contributed by atoms with Crippen LogP contribution in [0.3, 0.4) is 0 Å². The molecule has 1 fully saturated rings. The first-order chi connectivity index (χ1) is 5.79. The highest BCUT2D eigenvalue weighted by Crippen LogP contribution is 2.21. The molecular weight excluding hydrogens is 190 g/mol. The van der Waals surface area contributed by atoms with Crippen LogP contribution in [0.1, 0.15) is 12.8 Å². The lowest BCUT2D eigenvalue weighted by Gasteiger charge is -2.21. The van der Waals surface area contributed by atoms with Gasteiger partial charge in [0.1, 0.15) is 0 Å². The molecule has 3 heteroatoms. The van der Waals surface area contributed by atoms with Gasteiger partial charge in [-0.15, -0.1) is 0 Å². The van der Waals surface area contributed by atoms with Crippen molar-refractivity contribution < 1.29 is 0 Å². The smallest absolute Gasteiger partial charge is 0.0307 e. The van der Waals surface area contributed by atoms with Gasteiger partial charge in [0.25, 0.3) is 0 Å². The minimum Gasteiger partial charge on any atom is -0.312 e. The normalized spacial score (nSPS) is 19.4. The van der Waals surface area contributed by atoms with Crippen LogP contribution in [-0.4, -0.2) is 24.6 Å². The molecule has 12 heavy (non-hydrogen) atoms. The van der Waals surface area contributed by atoms with Crippen molar-refractivity contribution in [2.45, 2.75) is 12.8 Å². The summed E-state index contributed by atoms with van der Waals surface area (Å²) in [5, 5.41) is 4.02. The Hall–Kier alpha value is 0.340. The Bertz CT molecular complexity index is 143. The number of halogens is 1. The third-order valence-corrected chi connectivity index (χ3v) is 3.27. The van der Waals surface area contributed by atoms with E-state index >= 15 is 0 Å². The summed E-state index contributed by atoms with van der Waals surface area (Å²) in [5.41, 5.74) is 0. The summed E-state index contributed by atoms with van der Waals surface area (Å²) in [5.74, 6) is 3.52. The van der Waals surface area contributed by atoms with E-state index in [0.717, 1.165) is 19.0 Å². The molecule has 0 saturated carbocycles. The molecule has 0 unspecified atom stereocenters. The number of rotatable bonds is 4. The lowest BCUT2D eigenvalue weighted by atomic mass is 10.0. The van der Waals surface area contributed by atoms with Gasteiger partial charge in [0.05, 0.1) is 0 Å². The molecule has 0 aliphatic carbocycles. The molecule has 0 amide bonds. The van der Waals surface area contributed by atoms with Gasteiger partial charge in [-0.3, -0.25) is 0 Å². The van der Waals surface area contributed by atoms with E-state index in [1.54, 1.807) is 0 Å². The Morgan fingerprint density at radius 3 is 2.75 bits per heavy atom.